The van der Waals surface area contributed by atoms with Crippen molar-refractivity contribution in [3.63, 3.8) is 0 Å². The topological polar surface area (TPSA) is 35.2 Å². The number of hydrogen-bond donors (Lipinski definition) is 1. The molecule has 3 heteroatoms. The highest BCUT2D eigenvalue weighted by molar-refractivity contribution is 7.99. The Morgan fingerprint density at radius 2 is 1.94 bits per heavy atom. The number of benzene rings is 1. The molecule has 0 bridgehead atoms. The molecule has 0 heterocycles. The molecule has 0 aromatic heterocycles. The smallest absolute Gasteiger partial charge is 0.118 e. The quantitative estimate of drug-likeness (QED) is 0.828. The van der Waals surface area contributed by atoms with Gasteiger partial charge in [0, 0.05) is 11.3 Å². The minimum absolute atomic E-state index is 0.0995. The van der Waals surface area contributed by atoms with E-state index < -0.39 is 0 Å². The van der Waals surface area contributed by atoms with Crippen LogP contribution in [0, 0.1) is 0 Å². The summed E-state index contributed by atoms with van der Waals surface area (Å²) in [7, 11) is 1.68. The molecule has 2 nitrogen and oxygen atoms in total. The fraction of sp³-hybridized carbons (Fsp3) is 0.538. The summed E-state index contributed by atoms with van der Waals surface area (Å²) in [6.45, 7) is 4.38. The van der Waals surface area contributed by atoms with Crippen LogP contribution in [0.25, 0.3) is 0 Å². The molecule has 0 aliphatic heterocycles. The number of ether oxygens (including phenoxy) is 1. The number of rotatable bonds is 6. The summed E-state index contributed by atoms with van der Waals surface area (Å²) in [5.41, 5.74) is 7.39. The minimum atomic E-state index is 0.0995. The van der Waals surface area contributed by atoms with Gasteiger partial charge in [-0.1, -0.05) is 26.0 Å². The first-order chi connectivity index (χ1) is 7.69. The Morgan fingerprint density at radius 1 is 1.31 bits per heavy atom. The van der Waals surface area contributed by atoms with Crippen LogP contribution in [0.1, 0.15) is 31.9 Å². The van der Waals surface area contributed by atoms with E-state index in [1.165, 1.54) is 17.7 Å². The monoisotopic (exact) mass is 239 g/mol. The van der Waals surface area contributed by atoms with Crippen molar-refractivity contribution in [1.82, 2.24) is 0 Å². The predicted molar refractivity (Wildman–Crippen MR) is 72.1 cm³/mol. The second-order valence-electron chi connectivity index (χ2n) is 3.87. The number of nitrogens with two attached hydrogens (primary N) is 1. The second kappa shape index (κ2) is 6.81. The van der Waals surface area contributed by atoms with Crippen LogP contribution in [0.15, 0.2) is 24.3 Å². The molecule has 0 fully saturated rings. The van der Waals surface area contributed by atoms with E-state index >= 15 is 0 Å². The average Bonchev–Trinajstić information content (AvgIpc) is 2.35. The Bertz CT molecular complexity index is 299. The summed E-state index contributed by atoms with van der Waals surface area (Å²) in [5, 5.41) is 0.452. The summed E-state index contributed by atoms with van der Waals surface area (Å²) in [6, 6.07) is 8.13. The molecule has 0 saturated heterocycles. The first-order valence-electron chi connectivity index (χ1n) is 5.70. The molecule has 1 aromatic rings. The molecule has 0 amide bonds. The highest BCUT2D eigenvalue weighted by Gasteiger charge is 2.14. The van der Waals surface area contributed by atoms with Crippen LogP contribution in [-0.4, -0.2) is 18.1 Å². The predicted octanol–water partition coefficient (Wildman–Crippen LogP) is 3.23. The maximum Gasteiger partial charge on any atom is 0.118 e. The first-order valence-corrected chi connectivity index (χ1v) is 6.75. The number of methoxy groups -OCH3 is 1. The Kier molecular flexibility index (Phi) is 5.71. The highest BCUT2D eigenvalue weighted by atomic mass is 32.2. The molecule has 2 unspecified atom stereocenters. The third-order valence-corrected chi connectivity index (χ3v) is 4.05. The van der Waals surface area contributed by atoms with Crippen LogP contribution in [0.5, 0.6) is 5.75 Å². The van der Waals surface area contributed by atoms with Gasteiger partial charge in [0.05, 0.1) is 7.11 Å². The number of thioether (sulfide) groups is 1. The zero-order chi connectivity index (χ0) is 12.0. The van der Waals surface area contributed by atoms with Gasteiger partial charge in [-0.3, -0.25) is 0 Å². The molecule has 0 aliphatic carbocycles. The van der Waals surface area contributed by atoms with E-state index in [2.05, 4.69) is 13.8 Å². The van der Waals surface area contributed by atoms with Crippen molar-refractivity contribution < 1.29 is 4.74 Å². The van der Waals surface area contributed by atoms with Crippen molar-refractivity contribution >= 4 is 11.8 Å². The zero-order valence-electron chi connectivity index (χ0n) is 10.3. The third-order valence-electron chi connectivity index (χ3n) is 2.59. The van der Waals surface area contributed by atoms with E-state index in [1.807, 2.05) is 36.0 Å². The fourth-order valence-electron chi connectivity index (χ4n) is 1.50. The Morgan fingerprint density at radius 3 is 2.44 bits per heavy atom. The minimum Gasteiger partial charge on any atom is -0.497 e. The van der Waals surface area contributed by atoms with E-state index in [9.17, 15) is 0 Å². The zero-order valence-corrected chi connectivity index (χ0v) is 11.1. The average molecular weight is 239 g/mol. The van der Waals surface area contributed by atoms with Crippen molar-refractivity contribution in [2.24, 2.45) is 5.73 Å². The van der Waals surface area contributed by atoms with Gasteiger partial charge in [-0.15, -0.1) is 0 Å². The van der Waals surface area contributed by atoms with Gasteiger partial charge in [0.2, 0.25) is 0 Å². The van der Waals surface area contributed by atoms with E-state index in [1.54, 1.807) is 7.11 Å². The highest BCUT2D eigenvalue weighted by Crippen LogP contribution is 2.25. The van der Waals surface area contributed by atoms with E-state index in [0.717, 1.165) is 5.75 Å². The largest absolute Gasteiger partial charge is 0.497 e. The molecule has 90 valence electrons. The van der Waals surface area contributed by atoms with Gasteiger partial charge in [0.15, 0.2) is 0 Å². The molecular weight excluding hydrogens is 218 g/mol. The lowest BCUT2D eigenvalue weighted by Gasteiger charge is -2.19. The standard InChI is InChI=1S/C13H21NOS/c1-4-9-16-10(2)13(14)11-5-7-12(15-3)8-6-11/h5-8,10,13H,4,9,14H2,1-3H3. The molecule has 1 rings (SSSR count). The Labute approximate surface area is 103 Å². The Hall–Kier alpha value is -0.670. The summed E-state index contributed by atoms with van der Waals surface area (Å²) in [4.78, 5) is 0. The lowest BCUT2D eigenvalue weighted by atomic mass is 10.1. The third kappa shape index (κ3) is 3.72. The number of hydrogen-bond acceptors (Lipinski definition) is 3. The molecule has 1 aromatic carbocycles. The normalized spacial score (nSPS) is 14.5. The lowest BCUT2D eigenvalue weighted by molar-refractivity contribution is 0.414. The molecule has 2 N–H and O–H groups in total. The molecule has 0 saturated carbocycles. The van der Waals surface area contributed by atoms with Crippen LogP contribution >= 0.6 is 11.8 Å². The van der Waals surface area contributed by atoms with Gasteiger partial charge in [-0.05, 0) is 29.9 Å². The maximum atomic E-state index is 6.21. The molecule has 0 spiro atoms. The van der Waals surface area contributed by atoms with Crippen LogP contribution in [0.3, 0.4) is 0 Å². The van der Waals surface area contributed by atoms with Gasteiger partial charge in [0.1, 0.15) is 5.75 Å². The van der Waals surface area contributed by atoms with E-state index in [0.29, 0.717) is 5.25 Å². The van der Waals surface area contributed by atoms with Crippen molar-refractivity contribution in [3.05, 3.63) is 29.8 Å². The van der Waals surface area contributed by atoms with Crippen molar-refractivity contribution in [1.29, 1.82) is 0 Å². The maximum absolute atomic E-state index is 6.21. The van der Waals surface area contributed by atoms with Crippen LogP contribution in [-0.2, 0) is 0 Å². The molecule has 16 heavy (non-hydrogen) atoms. The lowest BCUT2D eigenvalue weighted by Crippen LogP contribution is -2.21. The Balaban J connectivity index is 2.60. The molecule has 0 radical (unpaired) electrons. The van der Waals surface area contributed by atoms with Crippen molar-refractivity contribution in [2.45, 2.75) is 31.6 Å². The molecule has 2 atom stereocenters. The summed E-state index contributed by atoms with van der Waals surface area (Å²) >= 11 is 1.93. The first kappa shape index (κ1) is 13.4. The summed E-state index contributed by atoms with van der Waals surface area (Å²) < 4.78 is 5.13. The van der Waals surface area contributed by atoms with Crippen LogP contribution in [0.4, 0.5) is 0 Å². The van der Waals surface area contributed by atoms with Gasteiger partial charge < -0.3 is 10.5 Å². The molecular formula is C13H21NOS. The van der Waals surface area contributed by atoms with Crippen molar-refractivity contribution in [2.75, 3.05) is 12.9 Å². The van der Waals surface area contributed by atoms with Gasteiger partial charge >= 0.3 is 0 Å². The van der Waals surface area contributed by atoms with Crippen LogP contribution < -0.4 is 10.5 Å². The molecule has 0 aliphatic rings. The fourth-order valence-corrected chi connectivity index (χ4v) is 2.48. The summed E-state index contributed by atoms with van der Waals surface area (Å²) in [5.74, 6) is 2.05. The van der Waals surface area contributed by atoms with Gasteiger partial charge in [-0.2, -0.15) is 11.8 Å². The van der Waals surface area contributed by atoms with Gasteiger partial charge in [-0.25, -0.2) is 0 Å². The van der Waals surface area contributed by atoms with Crippen LogP contribution in [0.2, 0.25) is 0 Å². The van der Waals surface area contributed by atoms with Gasteiger partial charge in [0.25, 0.3) is 0 Å². The summed E-state index contributed by atoms with van der Waals surface area (Å²) in [6.07, 6.45) is 1.20. The van der Waals surface area contributed by atoms with E-state index in [-0.39, 0.29) is 6.04 Å². The second-order valence-corrected chi connectivity index (χ2v) is 5.36. The SMILES string of the molecule is CCCSC(C)C(N)c1ccc(OC)cc1. The van der Waals surface area contributed by atoms with E-state index in [4.69, 9.17) is 10.5 Å². The van der Waals surface area contributed by atoms with Crippen molar-refractivity contribution in [3.8, 4) is 5.75 Å².